The van der Waals surface area contributed by atoms with Gasteiger partial charge in [-0.15, -0.1) is 0 Å². The average Bonchev–Trinajstić information content (AvgIpc) is 3.38. The van der Waals surface area contributed by atoms with Crippen molar-refractivity contribution in [2.75, 3.05) is 30.3 Å². The molecule has 0 aromatic heterocycles. The van der Waals surface area contributed by atoms with Crippen LogP contribution < -0.4 is 19.1 Å². The van der Waals surface area contributed by atoms with Crippen molar-refractivity contribution in [3.05, 3.63) is 53.8 Å². The summed E-state index contributed by atoms with van der Waals surface area (Å²) in [7, 11) is -3.88. The Bertz CT molecular complexity index is 1230. The van der Waals surface area contributed by atoms with Gasteiger partial charge in [-0.1, -0.05) is 25.0 Å². The molecule has 11 heteroatoms. The van der Waals surface area contributed by atoms with Gasteiger partial charge in [0.2, 0.25) is 21.8 Å². The molecule has 4 rings (SSSR count). The summed E-state index contributed by atoms with van der Waals surface area (Å²) in [5.41, 5.74) is 0.852. The fourth-order valence-electron chi connectivity index (χ4n) is 4.56. The molecule has 9 nitrogen and oxygen atoms in total. The van der Waals surface area contributed by atoms with Gasteiger partial charge >= 0.3 is 0 Å². The number of fused-ring (bicyclic) bond motifs is 1. The second kappa shape index (κ2) is 11.4. The fraction of sp³-hybridized carbons (Fsp3) is 0.462. The lowest BCUT2D eigenvalue weighted by Gasteiger charge is -2.32. The minimum absolute atomic E-state index is 0.0110. The number of anilines is 1. The Morgan fingerprint density at radius 3 is 2.35 bits per heavy atom. The second-order valence-corrected chi connectivity index (χ2v) is 11.3. The van der Waals surface area contributed by atoms with Crippen molar-refractivity contribution in [2.24, 2.45) is 0 Å². The molecule has 1 saturated carbocycles. The monoisotopic (exact) mass is 533 g/mol. The molecule has 2 aromatic rings. The predicted octanol–water partition coefficient (Wildman–Crippen LogP) is 2.84. The zero-order valence-electron chi connectivity index (χ0n) is 21.0. The molecule has 0 spiro atoms. The smallest absolute Gasteiger partial charge is 0.244 e. The van der Waals surface area contributed by atoms with Gasteiger partial charge in [-0.3, -0.25) is 13.9 Å². The van der Waals surface area contributed by atoms with E-state index in [1.54, 1.807) is 19.1 Å². The van der Waals surface area contributed by atoms with Crippen LogP contribution in [-0.4, -0.2) is 63.2 Å². The zero-order valence-corrected chi connectivity index (χ0v) is 21.8. The van der Waals surface area contributed by atoms with Crippen LogP contribution in [0.1, 0.15) is 38.2 Å². The van der Waals surface area contributed by atoms with Gasteiger partial charge in [0.1, 0.15) is 31.6 Å². The molecule has 2 aliphatic rings. The molecular formula is C26H32FN3O6S. The molecule has 2 aromatic carbocycles. The van der Waals surface area contributed by atoms with E-state index in [0.717, 1.165) is 36.2 Å². The fourth-order valence-corrected chi connectivity index (χ4v) is 5.40. The van der Waals surface area contributed by atoms with Crippen LogP contribution in [-0.2, 0) is 26.2 Å². The number of sulfonamides is 1. The van der Waals surface area contributed by atoms with Crippen LogP contribution in [0.2, 0.25) is 0 Å². The van der Waals surface area contributed by atoms with E-state index >= 15 is 0 Å². The third-order valence-corrected chi connectivity index (χ3v) is 7.77. The summed E-state index contributed by atoms with van der Waals surface area (Å²) in [6.45, 7) is 1.81. The highest BCUT2D eigenvalue weighted by Crippen LogP contribution is 2.34. The van der Waals surface area contributed by atoms with Crippen LogP contribution in [0.3, 0.4) is 0 Å². The number of rotatable bonds is 9. The molecule has 2 amide bonds. The van der Waals surface area contributed by atoms with Crippen molar-refractivity contribution in [1.82, 2.24) is 10.2 Å². The van der Waals surface area contributed by atoms with Crippen LogP contribution in [0.25, 0.3) is 0 Å². The summed E-state index contributed by atoms with van der Waals surface area (Å²) in [4.78, 5) is 28.0. The van der Waals surface area contributed by atoms with Crippen LogP contribution in [0.15, 0.2) is 42.5 Å². The van der Waals surface area contributed by atoms with Gasteiger partial charge in [0.15, 0.2) is 11.5 Å². The van der Waals surface area contributed by atoms with E-state index in [-0.39, 0.29) is 24.2 Å². The Morgan fingerprint density at radius 2 is 1.70 bits per heavy atom. The third-order valence-electron chi connectivity index (χ3n) is 6.63. The van der Waals surface area contributed by atoms with E-state index in [2.05, 4.69) is 5.32 Å². The SMILES string of the molecule is C[C@H](C(=O)NC1CCCC1)N(Cc1ccc(F)cc1)C(=O)CN(c1ccc2c(c1)OCCO2)S(C)(=O)=O. The summed E-state index contributed by atoms with van der Waals surface area (Å²) < 4.78 is 51.0. The molecule has 1 aliphatic carbocycles. The van der Waals surface area contributed by atoms with E-state index in [0.29, 0.717) is 30.3 Å². The van der Waals surface area contributed by atoms with Crippen molar-refractivity contribution >= 4 is 27.5 Å². The average molecular weight is 534 g/mol. The van der Waals surface area contributed by atoms with E-state index < -0.39 is 34.3 Å². The van der Waals surface area contributed by atoms with Gasteiger partial charge in [0, 0.05) is 18.7 Å². The zero-order chi connectivity index (χ0) is 26.6. The van der Waals surface area contributed by atoms with Crippen molar-refractivity contribution in [2.45, 2.75) is 51.2 Å². The number of ether oxygens (including phenoxy) is 2. The Hall–Kier alpha value is -3.34. The van der Waals surface area contributed by atoms with Crippen molar-refractivity contribution in [1.29, 1.82) is 0 Å². The summed E-state index contributed by atoms with van der Waals surface area (Å²) in [5.74, 6) is -0.427. The number of carbonyl (C=O) groups is 2. The van der Waals surface area contributed by atoms with Crippen molar-refractivity contribution in [3.8, 4) is 11.5 Å². The Labute approximate surface area is 216 Å². The predicted molar refractivity (Wildman–Crippen MR) is 136 cm³/mol. The summed E-state index contributed by atoms with van der Waals surface area (Å²) >= 11 is 0. The summed E-state index contributed by atoms with van der Waals surface area (Å²) in [6.07, 6.45) is 4.86. The van der Waals surface area contributed by atoms with Crippen LogP contribution in [0.5, 0.6) is 11.5 Å². The maximum Gasteiger partial charge on any atom is 0.244 e. The quantitative estimate of drug-likeness (QED) is 0.532. The summed E-state index contributed by atoms with van der Waals surface area (Å²) in [5, 5.41) is 3.00. The lowest BCUT2D eigenvalue weighted by atomic mass is 10.1. The number of nitrogens with zero attached hydrogens (tertiary/aromatic N) is 2. The molecule has 1 fully saturated rings. The molecule has 1 heterocycles. The minimum Gasteiger partial charge on any atom is -0.486 e. The number of amides is 2. The first-order valence-electron chi connectivity index (χ1n) is 12.3. The van der Waals surface area contributed by atoms with Crippen LogP contribution >= 0.6 is 0 Å². The first kappa shape index (κ1) is 26.7. The standard InChI is InChI=1S/C26H32FN3O6S/c1-18(26(32)28-21-5-3-4-6-21)29(16-19-7-9-20(27)10-8-19)25(31)17-30(37(2,33)34)22-11-12-23-24(15-22)36-14-13-35-23/h7-12,15,18,21H,3-6,13-14,16-17H2,1-2H3,(H,28,32)/t18-/m1/s1. The molecule has 200 valence electrons. The Balaban J connectivity index is 1.59. The van der Waals surface area contributed by atoms with Gasteiger partial charge in [0.25, 0.3) is 0 Å². The number of halogens is 1. The van der Waals surface area contributed by atoms with Gasteiger partial charge in [-0.2, -0.15) is 0 Å². The third kappa shape index (κ3) is 6.71. The lowest BCUT2D eigenvalue weighted by Crippen LogP contribution is -2.52. The molecule has 0 unspecified atom stereocenters. The minimum atomic E-state index is -3.88. The second-order valence-electron chi connectivity index (χ2n) is 9.41. The first-order valence-corrected chi connectivity index (χ1v) is 14.2. The van der Waals surface area contributed by atoms with E-state index in [9.17, 15) is 22.4 Å². The highest BCUT2D eigenvalue weighted by molar-refractivity contribution is 7.92. The van der Waals surface area contributed by atoms with Gasteiger partial charge in [-0.05, 0) is 49.6 Å². The Kier molecular flexibility index (Phi) is 8.21. The molecule has 0 bridgehead atoms. The number of carbonyl (C=O) groups excluding carboxylic acids is 2. The highest BCUT2D eigenvalue weighted by Gasteiger charge is 2.32. The highest BCUT2D eigenvalue weighted by atomic mass is 32.2. The number of benzene rings is 2. The maximum absolute atomic E-state index is 13.6. The maximum atomic E-state index is 13.6. The van der Waals surface area contributed by atoms with Gasteiger partial charge < -0.3 is 19.7 Å². The van der Waals surface area contributed by atoms with Crippen molar-refractivity contribution in [3.63, 3.8) is 0 Å². The molecule has 1 atom stereocenters. The first-order chi connectivity index (χ1) is 17.6. The van der Waals surface area contributed by atoms with Gasteiger partial charge in [-0.25, -0.2) is 12.8 Å². The topological polar surface area (TPSA) is 105 Å². The number of nitrogens with one attached hydrogen (secondary N) is 1. The van der Waals surface area contributed by atoms with E-state index in [4.69, 9.17) is 9.47 Å². The number of hydrogen-bond donors (Lipinski definition) is 1. The summed E-state index contributed by atoms with van der Waals surface area (Å²) in [6, 6.07) is 9.46. The van der Waals surface area contributed by atoms with E-state index in [1.807, 2.05) is 0 Å². The van der Waals surface area contributed by atoms with Crippen LogP contribution in [0.4, 0.5) is 10.1 Å². The van der Waals surface area contributed by atoms with Crippen LogP contribution in [0, 0.1) is 5.82 Å². The van der Waals surface area contributed by atoms with Gasteiger partial charge in [0.05, 0.1) is 11.9 Å². The molecule has 0 radical (unpaired) electrons. The number of hydrogen-bond acceptors (Lipinski definition) is 6. The molecular weight excluding hydrogens is 501 g/mol. The Morgan fingerprint density at radius 1 is 1.05 bits per heavy atom. The molecule has 0 saturated heterocycles. The largest absolute Gasteiger partial charge is 0.486 e. The van der Waals surface area contributed by atoms with Crippen molar-refractivity contribution < 1.29 is 31.9 Å². The molecule has 1 N–H and O–H groups in total. The lowest BCUT2D eigenvalue weighted by molar-refractivity contribution is -0.139. The normalized spacial score (nSPS) is 16.2. The molecule has 37 heavy (non-hydrogen) atoms. The molecule has 1 aliphatic heterocycles. The van der Waals surface area contributed by atoms with E-state index in [1.165, 1.54) is 35.2 Å².